The van der Waals surface area contributed by atoms with Crippen LogP contribution in [0.5, 0.6) is 11.5 Å². The highest BCUT2D eigenvalue weighted by Gasteiger charge is 2.31. The van der Waals surface area contributed by atoms with Gasteiger partial charge in [0.2, 0.25) is 6.79 Å². The summed E-state index contributed by atoms with van der Waals surface area (Å²) in [7, 11) is 0. The first-order valence-electron chi connectivity index (χ1n) is 7.90. The Labute approximate surface area is 147 Å². The van der Waals surface area contributed by atoms with Crippen LogP contribution in [0.2, 0.25) is 0 Å². The van der Waals surface area contributed by atoms with E-state index in [2.05, 4.69) is 5.16 Å². The number of carboxylic acid groups (broad SMARTS) is 1. The fraction of sp³-hybridized carbons (Fsp3) is 0.222. The van der Waals surface area contributed by atoms with E-state index >= 15 is 0 Å². The van der Waals surface area contributed by atoms with Crippen LogP contribution in [0, 0.1) is 5.92 Å². The van der Waals surface area contributed by atoms with Crippen LogP contribution in [0.4, 0.5) is 0 Å². The fourth-order valence-corrected chi connectivity index (χ4v) is 2.99. The number of fused-ring (bicyclic) bond motifs is 1. The molecule has 1 aliphatic carbocycles. The number of ether oxygens (including phenoxy) is 2. The van der Waals surface area contributed by atoms with Crippen LogP contribution in [0.25, 0.3) is 16.7 Å². The van der Waals surface area contributed by atoms with Gasteiger partial charge in [-0.15, -0.1) is 0 Å². The summed E-state index contributed by atoms with van der Waals surface area (Å²) in [6.45, 7) is 1.74. The summed E-state index contributed by atoms with van der Waals surface area (Å²) >= 11 is 0. The summed E-state index contributed by atoms with van der Waals surface area (Å²) in [5, 5.41) is 33.4. The molecule has 26 heavy (non-hydrogen) atoms. The van der Waals surface area contributed by atoms with Gasteiger partial charge in [-0.05, 0) is 23.8 Å². The Kier molecular flexibility index (Phi) is 3.69. The molecule has 0 bridgehead atoms. The number of aliphatic hydroxyl groups excluding tert-OH is 2. The monoisotopic (exact) mass is 357 g/mol. The molecule has 2 aromatic rings. The first-order chi connectivity index (χ1) is 12.5. The van der Waals surface area contributed by atoms with Gasteiger partial charge in [-0.3, -0.25) is 0 Å². The minimum Gasteiger partial charge on any atom is -0.511 e. The van der Waals surface area contributed by atoms with Gasteiger partial charge in [0.05, 0.1) is 17.2 Å². The van der Waals surface area contributed by atoms with Gasteiger partial charge in [0.25, 0.3) is 0 Å². The van der Waals surface area contributed by atoms with E-state index in [0.717, 1.165) is 0 Å². The molecule has 134 valence electrons. The van der Waals surface area contributed by atoms with Crippen molar-refractivity contribution in [2.24, 2.45) is 5.92 Å². The molecular weight excluding hydrogens is 342 g/mol. The molecule has 2 heterocycles. The van der Waals surface area contributed by atoms with E-state index in [4.69, 9.17) is 14.0 Å². The number of carboxylic acids is 1. The second kappa shape index (κ2) is 5.92. The first kappa shape index (κ1) is 16.2. The lowest BCUT2D eigenvalue weighted by molar-refractivity contribution is 0.0686. The summed E-state index contributed by atoms with van der Waals surface area (Å²) in [5.74, 6) is -0.783. The van der Waals surface area contributed by atoms with E-state index in [-0.39, 0.29) is 35.1 Å². The lowest BCUT2D eigenvalue weighted by Gasteiger charge is -2.21. The second-order valence-corrected chi connectivity index (χ2v) is 6.05. The van der Waals surface area contributed by atoms with Crippen molar-refractivity contribution in [2.45, 2.75) is 13.0 Å². The van der Waals surface area contributed by atoms with E-state index in [0.29, 0.717) is 17.1 Å². The van der Waals surface area contributed by atoms with Crippen LogP contribution >= 0.6 is 0 Å². The molecule has 3 N–H and O–H groups in total. The number of rotatable bonds is 3. The van der Waals surface area contributed by atoms with Crippen molar-refractivity contribution in [1.82, 2.24) is 5.16 Å². The summed E-state index contributed by atoms with van der Waals surface area (Å²) < 4.78 is 15.9. The van der Waals surface area contributed by atoms with E-state index in [1.807, 2.05) is 0 Å². The van der Waals surface area contributed by atoms with Crippen molar-refractivity contribution in [1.29, 1.82) is 0 Å². The highest BCUT2D eigenvalue weighted by atomic mass is 16.7. The molecule has 4 rings (SSSR count). The minimum absolute atomic E-state index is 0.0884. The molecule has 1 aromatic carbocycles. The predicted octanol–water partition coefficient (Wildman–Crippen LogP) is 2.60. The summed E-state index contributed by atoms with van der Waals surface area (Å²) in [4.78, 5) is 11.6. The highest BCUT2D eigenvalue weighted by molar-refractivity contribution is 5.98. The van der Waals surface area contributed by atoms with Crippen LogP contribution in [-0.4, -0.2) is 39.3 Å². The zero-order valence-corrected chi connectivity index (χ0v) is 13.7. The molecule has 0 radical (unpaired) electrons. The topological polar surface area (TPSA) is 122 Å². The molecule has 0 amide bonds. The third-order valence-electron chi connectivity index (χ3n) is 4.48. The lowest BCUT2D eigenvalue weighted by Crippen LogP contribution is -2.20. The van der Waals surface area contributed by atoms with Crippen molar-refractivity contribution in [3.8, 4) is 22.6 Å². The SMILES string of the molecule is CC1C(O)=C(c2onc(C(=O)O)c2-c2ccc3c(c2)OCO3)C=CC1O. The van der Waals surface area contributed by atoms with Crippen LogP contribution < -0.4 is 9.47 Å². The van der Waals surface area contributed by atoms with Crippen molar-refractivity contribution < 1.29 is 34.1 Å². The molecule has 2 atom stereocenters. The Hall–Kier alpha value is -3.26. The Morgan fingerprint density at radius 1 is 1.27 bits per heavy atom. The van der Waals surface area contributed by atoms with Crippen LogP contribution in [0.3, 0.4) is 0 Å². The van der Waals surface area contributed by atoms with Gasteiger partial charge in [-0.2, -0.15) is 0 Å². The fourth-order valence-electron chi connectivity index (χ4n) is 2.99. The maximum Gasteiger partial charge on any atom is 0.358 e. The van der Waals surface area contributed by atoms with E-state index in [9.17, 15) is 20.1 Å². The Morgan fingerprint density at radius 2 is 2.04 bits per heavy atom. The number of hydrogen-bond acceptors (Lipinski definition) is 7. The maximum atomic E-state index is 11.6. The predicted molar refractivity (Wildman–Crippen MR) is 88.9 cm³/mol. The van der Waals surface area contributed by atoms with E-state index < -0.39 is 18.0 Å². The molecule has 1 aromatic heterocycles. The average molecular weight is 357 g/mol. The van der Waals surface area contributed by atoms with Gasteiger partial charge in [-0.1, -0.05) is 24.2 Å². The van der Waals surface area contributed by atoms with Crippen LogP contribution in [-0.2, 0) is 0 Å². The third kappa shape index (κ3) is 2.42. The Bertz CT molecular complexity index is 956. The Balaban J connectivity index is 1.91. The van der Waals surface area contributed by atoms with Gasteiger partial charge in [0, 0.05) is 5.92 Å². The molecule has 8 nitrogen and oxygen atoms in total. The second-order valence-electron chi connectivity index (χ2n) is 6.05. The zero-order chi connectivity index (χ0) is 18.4. The Morgan fingerprint density at radius 3 is 2.81 bits per heavy atom. The molecule has 1 aliphatic heterocycles. The van der Waals surface area contributed by atoms with Gasteiger partial charge in [0.15, 0.2) is 23.0 Å². The number of aromatic nitrogens is 1. The standard InChI is InChI=1S/C18H15NO7/c1-8-11(20)4-3-10(16(8)21)17-14(15(18(22)23)19-26-17)9-2-5-12-13(6-9)25-7-24-12/h2-6,8,11,20-21H,7H2,1H3,(H,22,23). The zero-order valence-electron chi connectivity index (χ0n) is 13.7. The van der Waals surface area contributed by atoms with Crippen LogP contribution in [0.15, 0.2) is 40.6 Å². The first-order valence-corrected chi connectivity index (χ1v) is 7.90. The van der Waals surface area contributed by atoms with E-state index in [1.165, 1.54) is 12.2 Å². The molecule has 0 fully saturated rings. The van der Waals surface area contributed by atoms with Crippen molar-refractivity contribution in [3.63, 3.8) is 0 Å². The number of carbonyl (C=O) groups is 1. The number of benzene rings is 1. The van der Waals surface area contributed by atoms with E-state index in [1.54, 1.807) is 25.1 Å². The lowest BCUT2D eigenvalue weighted by atomic mass is 9.89. The summed E-state index contributed by atoms with van der Waals surface area (Å²) in [6.07, 6.45) is 2.16. The molecule has 0 saturated carbocycles. The normalized spacial score (nSPS) is 21.3. The molecule has 0 spiro atoms. The quantitative estimate of drug-likeness (QED) is 0.766. The maximum absolute atomic E-state index is 11.6. The van der Waals surface area contributed by atoms with Crippen molar-refractivity contribution in [2.75, 3.05) is 6.79 Å². The van der Waals surface area contributed by atoms with Gasteiger partial charge in [-0.25, -0.2) is 4.79 Å². The summed E-state index contributed by atoms with van der Waals surface area (Å²) in [5.41, 5.74) is 0.697. The van der Waals surface area contributed by atoms with Gasteiger partial charge < -0.3 is 29.3 Å². The largest absolute Gasteiger partial charge is 0.511 e. The minimum atomic E-state index is -1.26. The molecule has 0 saturated heterocycles. The highest BCUT2D eigenvalue weighted by Crippen LogP contribution is 2.41. The molecule has 2 unspecified atom stereocenters. The van der Waals surface area contributed by atoms with Gasteiger partial charge in [0.1, 0.15) is 5.76 Å². The number of allylic oxidation sites excluding steroid dienone is 2. The smallest absolute Gasteiger partial charge is 0.358 e. The molecule has 8 heteroatoms. The van der Waals surface area contributed by atoms with Gasteiger partial charge >= 0.3 is 5.97 Å². The molecular formula is C18H15NO7. The van der Waals surface area contributed by atoms with Crippen LogP contribution in [0.1, 0.15) is 23.2 Å². The average Bonchev–Trinajstić information content (AvgIpc) is 3.25. The third-order valence-corrected chi connectivity index (χ3v) is 4.48. The van der Waals surface area contributed by atoms with Crippen molar-refractivity contribution in [3.05, 3.63) is 47.6 Å². The van der Waals surface area contributed by atoms with Crippen molar-refractivity contribution >= 4 is 11.5 Å². The number of aliphatic hydroxyl groups is 2. The number of nitrogens with zero attached hydrogens (tertiary/aromatic N) is 1. The number of aromatic carboxylic acids is 1. The number of hydrogen-bond donors (Lipinski definition) is 3. The molecule has 2 aliphatic rings. The summed E-state index contributed by atoms with van der Waals surface area (Å²) in [6, 6.07) is 4.96.